The highest BCUT2D eigenvalue weighted by molar-refractivity contribution is 7.72. The molecular weight excluding hydrogens is 574 g/mol. The van der Waals surface area contributed by atoms with Crippen molar-refractivity contribution in [3.05, 3.63) is 146 Å². The Labute approximate surface area is 267 Å². The second kappa shape index (κ2) is 15.8. The highest BCUT2D eigenvalue weighted by atomic mass is 31.1. The molecule has 5 aromatic rings. The minimum Gasteiger partial charge on any atom is -0.370 e. The van der Waals surface area contributed by atoms with Gasteiger partial charge >= 0.3 is 0 Å². The van der Waals surface area contributed by atoms with E-state index < -0.39 is 15.8 Å². The van der Waals surface area contributed by atoms with E-state index in [1.54, 1.807) is 0 Å². The molecule has 0 saturated heterocycles. The molecule has 0 aliphatic heterocycles. The lowest BCUT2D eigenvalue weighted by molar-refractivity contribution is 1.05. The Morgan fingerprint density at radius 3 is 0.750 bits per heavy atom. The molecule has 0 atom stereocenters. The van der Waals surface area contributed by atoms with Crippen LogP contribution in [0.1, 0.15) is 0 Å². The normalized spacial score (nSPS) is 11.0. The van der Waals surface area contributed by atoms with Crippen molar-refractivity contribution >= 4 is 49.2 Å². The first kappa shape index (κ1) is 31.6. The van der Waals surface area contributed by atoms with Gasteiger partial charge in [0.25, 0.3) is 0 Å². The molecule has 226 valence electrons. The molecule has 0 heterocycles. The first-order valence-electron chi connectivity index (χ1n) is 15.1. The van der Waals surface area contributed by atoms with Crippen LogP contribution in [0.15, 0.2) is 146 Å². The van der Waals surface area contributed by atoms with Gasteiger partial charge in [-0.05, 0) is 75.0 Å². The van der Waals surface area contributed by atoms with E-state index in [4.69, 9.17) is 0 Å². The Morgan fingerprint density at radius 1 is 0.318 bits per heavy atom. The quantitative estimate of drug-likeness (QED) is 0.116. The van der Waals surface area contributed by atoms with E-state index >= 15 is 0 Å². The molecule has 0 amide bonds. The maximum absolute atomic E-state index is 2.44. The van der Waals surface area contributed by atoms with E-state index in [1.807, 2.05) is 0 Å². The van der Waals surface area contributed by atoms with Gasteiger partial charge in [-0.3, -0.25) is 0 Å². The predicted octanol–water partition coefficient (Wildman–Crippen LogP) is 8.28. The van der Waals surface area contributed by atoms with E-state index in [9.17, 15) is 0 Å². The van der Waals surface area contributed by atoms with Crippen LogP contribution in [0.25, 0.3) is 0 Å². The zero-order chi connectivity index (χ0) is 30.7. The van der Waals surface area contributed by atoms with Crippen molar-refractivity contribution in [1.82, 2.24) is 0 Å². The third-order valence-electron chi connectivity index (χ3n) is 7.88. The van der Waals surface area contributed by atoms with Crippen molar-refractivity contribution in [1.29, 1.82) is 0 Å². The Morgan fingerprint density at radius 2 is 0.523 bits per heavy atom. The van der Waals surface area contributed by atoms with Gasteiger partial charge in [0.05, 0.1) is 0 Å². The number of hydrogen-bond donors (Lipinski definition) is 0. The molecule has 0 radical (unpaired) electrons. The summed E-state index contributed by atoms with van der Waals surface area (Å²) in [7, 11) is 7.84. The second-order valence-corrected chi connectivity index (χ2v) is 15.5. The molecule has 0 aromatic heterocycles. The lowest BCUT2D eigenvalue weighted by atomic mass is 10.3. The topological polar surface area (TPSA) is 13.0 Å². The van der Waals surface area contributed by atoms with E-state index in [1.165, 1.54) is 33.4 Å². The fourth-order valence-corrected chi connectivity index (χ4v) is 11.2. The van der Waals surface area contributed by atoms with Crippen LogP contribution in [0.2, 0.25) is 0 Å². The molecule has 4 nitrogen and oxygen atoms in total. The van der Waals surface area contributed by atoms with Crippen molar-refractivity contribution in [2.45, 2.75) is 0 Å². The molecule has 5 rings (SSSR count). The predicted molar refractivity (Wildman–Crippen MR) is 198 cm³/mol. The van der Waals surface area contributed by atoms with Gasteiger partial charge in [-0.25, -0.2) is 0 Å². The maximum Gasteiger partial charge on any atom is 0.0431 e. The third-order valence-corrected chi connectivity index (χ3v) is 13.3. The molecule has 0 bridgehead atoms. The highest BCUT2D eigenvalue weighted by Crippen LogP contribution is 2.43. The summed E-state index contributed by atoms with van der Waals surface area (Å²) in [6, 6.07) is 52.5. The summed E-state index contributed by atoms with van der Waals surface area (Å²) in [6.45, 7) is 0. The summed E-state index contributed by atoms with van der Waals surface area (Å²) in [4.78, 5) is 9.76. The van der Waals surface area contributed by atoms with Crippen molar-refractivity contribution in [3.63, 3.8) is 0 Å². The summed E-state index contributed by atoms with van der Waals surface area (Å²) in [5.74, 6) is 0. The highest BCUT2D eigenvalue weighted by Gasteiger charge is 2.25. The lowest BCUT2D eigenvalue weighted by Gasteiger charge is -2.35. The molecular formula is C38H44N4P2. The van der Waals surface area contributed by atoms with E-state index in [2.05, 4.69) is 193 Å². The molecule has 0 aliphatic rings. The van der Waals surface area contributed by atoms with Crippen molar-refractivity contribution in [2.24, 2.45) is 0 Å². The van der Waals surface area contributed by atoms with Crippen LogP contribution in [-0.4, -0.2) is 53.3 Å². The Hall–Kier alpha value is -3.84. The van der Waals surface area contributed by atoms with Gasteiger partial charge in [-0.2, -0.15) is 0 Å². The van der Waals surface area contributed by atoms with Crippen LogP contribution >= 0.6 is 15.8 Å². The molecule has 0 fully saturated rings. The van der Waals surface area contributed by atoms with Crippen LogP contribution in [-0.2, 0) is 0 Å². The largest absolute Gasteiger partial charge is 0.370 e. The fourth-order valence-electron chi connectivity index (χ4n) is 5.47. The SMILES string of the molecule is CN(CP(CN(C)c1ccccc1)c1ccccc1P(CN(C)c1ccccc1)CN(C)c1ccccc1)c1ccccc1. The Balaban J connectivity index is 1.52. The van der Waals surface area contributed by atoms with Crippen LogP contribution < -0.4 is 30.2 Å². The van der Waals surface area contributed by atoms with E-state index in [-0.39, 0.29) is 0 Å². The minimum atomic E-state index is -0.563. The van der Waals surface area contributed by atoms with Crippen LogP contribution in [0.5, 0.6) is 0 Å². The number of hydrogen-bond acceptors (Lipinski definition) is 4. The van der Waals surface area contributed by atoms with Gasteiger partial charge in [0.1, 0.15) is 0 Å². The molecule has 0 unspecified atom stereocenters. The summed E-state index contributed by atoms with van der Waals surface area (Å²) in [5, 5.41) is 3.03. The number of benzene rings is 5. The van der Waals surface area contributed by atoms with Crippen molar-refractivity contribution in [3.8, 4) is 0 Å². The molecule has 0 saturated carbocycles. The van der Waals surface area contributed by atoms with Gasteiger partial charge in [-0.15, -0.1) is 0 Å². The fraction of sp³-hybridized carbons (Fsp3) is 0.211. The number of para-hydroxylation sites is 4. The lowest BCUT2D eigenvalue weighted by Crippen LogP contribution is -2.35. The Bertz CT molecular complexity index is 1320. The standard InChI is InChI=1S/C38H44N4P2/c1-39(33-19-9-5-10-20-33)29-43(30-40(2)34-21-11-6-12-22-34)37-27-17-18-28-38(37)44(31-41(3)35-23-13-7-14-24-35)32-42(4)36-25-15-8-16-26-36/h5-28H,29-32H2,1-4H3. The molecule has 6 heteroatoms. The van der Waals surface area contributed by atoms with Gasteiger partial charge in [0.15, 0.2) is 0 Å². The zero-order valence-electron chi connectivity index (χ0n) is 26.4. The molecule has 0 aliphatic carbocycles. The average molecular weight is 619 g/mol. The van der Waals surface area contributed by atoms with Gasteiger partial charge in [-0.1, -0.05) is 97.1 Å². The summed E-state index contributed by atoms with van der Waals surface area (Å²) in [6.07, 6.45) is 3.94. The average Bonchev–Trinajstić information content (AvgIpc) is 3.09. The monoisotopic (exact) mass is 618 g/mol. The molecule has 0 spiro atoms. The number of rotatable bonds is 14. The second-order valence-electron chi connectivity index (χ2n) is 11.3. The molecule has 0 N–H and O–H groups in total. The van der Waals surface area contributed by atoms with Crippen molar-refractivity contribution in [2.75, 3.05) is 72.9 Å². The van der Waals surface area contributed by atoms with E-state index in [0.717, 1.165) is 25.1 Å². The van der Waals surface area contributed by atoms with Crippen molar-refractivity contribution < 1.29 is 0 Å². The third kappa shape index (κ3) is 8.41. The summed E-state index contributed by atoms with van der Waals surface area (Å²) < 4.78 is 0. The maximum atomic E-state index is 2.44. The summed E-state index contributed by atoms with van der Waals surface area (Å²) >= 11 is 0. The number of anilines is 4. The minimum absolute atomic E-state index is 0.563. The Kier molecular flexibility index (Phi) is 11.3. The first-order valence-corrected chi connectivity index (χ1v) is 18.6. The smallest absolute Gasteiger partial charge is 0.0431 e. The van der Waals surface area contributed by atoms with Crippen LogP contribution in [0, 0.1) is 0 Å². The summed E-state index contributed by atoms with van der Waals surface area (Å²) in [5.41, 5.74) is 5.04. The van der Waals surface area contributed by atoms with Gasteiger partial charge in [0, 0.05) is 76.1 Å². The van der Waals surface area contributed by atoms with Gasteiger partial charge in [0.2, 0.25) is 0 Å². The van der Waals surface area contributed by atoms with Gasteiger partial charge < -0.3 is 19.6 Å². The number of nitrogens with zero attached hydrogens (tertiary/aromatic N) is 4. The van der Waals surface area contributed by atoms with Crippen LogP contribution in [0.3, 0.4) is 0 Å². The van der Waals surface area contributed by atoms with E-state index in [0.29, 0.717) is 0 Å². The molecule has 44 heavy (non-hydrogen) atoms. The first-order chi connectivity index (χ1) is 21.5. The van der Waals surface area contributed by atoms with Crippen LogP contribution in [0.4, 0.5) is 22.7 Å². The zero-order valence-corrected chi connectivity index (χ0v) is 28.2. The molecule has 5 aromatic carbocycles.